The minimum absolute atomic E-state index is 0.776. The highest BCUT2D eigenvalue weighted by molar-refractivity contribution is 7.79. The van der Waals surface area contributed by atoms with Crippen LogP contribution in [0, 0.1) is 0 Å². The van der Waals surface area contributed by atoms with Crippen LogP contribution in [0.15, 0.2) is 30.3 Å². The van der Waals surface area contributed by atoms with Crippen LogP contribution in [0.4, 0.5) is 5.69 Å². The van der Waals surface area contributed by atoms with Crippen LogP contribution in [0.25, 0.3) is 6.08 Å². The van der Waals surface area contributed by atoms with Crippen LogP contribution in [-0.2, 0) is 15.2 Å². The Bertz CT molecular complexity index is 471. The van der Waals surface area contributed by atoms with E-state index in [-0.39, 0.29) is 0 Å². The second-order valence-corrected chi connectivity index (χ2v) is 3.99. The molecule has 0 radical (unpaired) electrons. The van der Waals surface area contributed by atoms with Crippen LogP contribution in [0.3, 0.4) is 0 Å². The van der Waals surface area contributed by atoms with E-state index < -0.39 is 10.4 Å². The molecule has 0 amide bonds. The summed E-state index contributed by atoms with van der Waals surface area (Å²) < 4.78 is 31.6. The molecule has 0 saturated carbocycles. The number of hydrogen-bond donors (Lipinski definition) is 3. The van der Waals surface area contributed by atoms with Crippen molar-refractivity contribution in [2.75, 3.05) is 11.9 Å². The molecule has 3 N–H and O–H groups in total. The first-order valence-electron chi connectivity index (χ1n) is 5.02. The van der Waals surface area contributed by atoms with Gasteiger partial charge in [-0.15, -0.1) is 0 Å². The number of carbonyl (C=O) groups is 1. The lowest BCUT2D eigenvalue weighted by atomic mass is 10.2. The smallest absolute Gasteiger partial charge is 0.385 e. The van der Waals surface area contributed by atoms with Crippen molar-refractivity contribution in [3.05, 3.63) is 35.9 Å². The number of rotatable bonds is 4. The van der Waals surface area contributed by atoms with E-state index in [2.05, 4.69) is 12.2 Å². The minimum Gasteiger partial charge on any atom is -0.385 e. The van der Waals surface area contributed by atoms with Crippen molar-refractivity contribution in [3.8, 4) is 0 Å². The predicted octanol–water partition coefficient (Wildman–Crippen LogP) is 1.68. The third-order valence-electron chi connectivity index (χ3n) is 1.66. The summed E-state index contributed by atoms with van der Waals surface area (Å²) in [5.41, 5.74) is 2.14. The molecule has 0 atom stereocenters. The Hall–Kier alpha value is -1.70. The van der Waals surface area contributed by atoms with E-state index in [9.17, 15) is 4.79 Å². The Kier molecular flexibility index (Phi) is 7.61. The number of carbonyl (C=O) groups excluding carboxylic acids is 1. The SMILES string of the molecule is CCNc1ccc(/C=C/C=O)cc1.O=S(=O)(O)O. The molecule has 0 aliphatic rings. The molecule has 18 heavy (non-hydrogen) atoms. The van der Waals surface area contributed by atoms with Crippen molar-refractivity contribution in [1.29, 1.82) is 0 Å². The normalized spacial score (nSPS) is 10.6. The number of anilines is 1. The molecular formula is C11H15NO5S. The van der Waals surface area contributed by atoms with Crippen LogP contribution < -0.4 is 5.32 Å². The summed E-state index contributed by atoms with van der Waals surface area (Å²) in [6.45, 7) is 2.98. The standard InChI is InChI=1S/C11H13NO.H2O4S/c1-2-12-11-7-5-10(6-8-11)4-3-9-13;1-5(2,3)4/h3-9,12H,2H2,1H3;(H2,1,2,3,4)/b4-3+;. The van der Waals surface area contributed by atoms with Crippen molar-refractivity contribution in [3.63, 3.8) is 0 Å². The van der Waals surface area contributed by atoms with Gasteiger partial charge in [-0.1, -0.05) is 18.2 Å². The zero-order valence-corrected chi connectivity index (χ0v) is 10.6. The van der Waals surface area contributed by atoms with E-state index >= 15 is 0 Å². The number of hydrogen-bond acceptors (Lipinski definition) is 4. The van der Waals surface area contributed by atoms with Gasteiger partial charge in [-0.25, -0.2) is 0 Å². The minimum atomic E-state index is -4.67. The van der Waals surface area contributed by atoms with E-state index in [1.807, 2.05) is 24.3 Å². The molecule has 1 rings (SSSR count). The maximum atomic E-state index is 10.0. The lowest BCUT2D eigenvalue weighted by Gasteiger charge is -2.01. The fourth-order valence-corrected chi connectivity index (χ4v) is 1.07. The number of aldehydes is 1. The summed E-state index contributed by atoms with van der Waals surface area (Å²) in [5, 5.41) is 3.20. The molecule has 0 unspecified atom stereocenters. The average Bonchev–Trinajstić information content (AvgIpc) is 2.26. The second-order valence-electron chi connectivity index (χ2n) is 3.10. The van der Waals surface area contributed by atoms with E-state index in [1.165, 1.54) is 6.08 Å². The summed E-state index contributed by atoms with van der Waals surface area (Å²) in [5.74, 6) is 0. The van der Waals surface area contributed by atoms with Crippen molar-refractivity contribution < 1.29 is 22.3 Å². The van der Waals surface area contributed by atoms with Gasteiger partial charge >= 0.3 is 10.4 Å². The first kappa shape index (κ1) is 16.3. The van der Waals surface area contributed by atoms with Gasteiger partial charge in [0, 0.05) is 12.2 Å². The van der Waals surface area contributed by atoms with E-state index in [1.54, 1.807) is 6.08 Å². The molecule has 1 aromatic rings. The van der Waals surface area contributed by atoms with Crippen LogP contribution >= 0.6 is 0 Å². The molecule has 1 aromatic carbocycles. The van der Waals surface area contributed by atoms with Crippen LogP contribution in [0.1, 0.15) is 12.5 Å². The number of allylic oxidation sites excluding steroid dienone is 1. The first-order chi connectivity index (χ1) is 8.36. The van der Waals surface area contributed by atoms with Crippen molar-refractivity contribution >= 4 is 28.4 Å². The largest absolute Gasteiger partial charge is 0.394 e. The van der Waals surface area contributed by atoms with E-state index in [0.29, 0.717) is 0 Å². The maximum absolute atomic E-state index is 10.0. The predicted molar refractivity (Wildman–Crippen MR) is 69.9 cm³/mol. The zero-order chi connectivity index (χ0) is 14.0. The summed E-state index contributed by atoms with van der Waals surface area (Å²) >= 11 is 0. The quantitative estimate of drug-likeness (QED) is 0.438. The summed E-state index contributed by atoms with van der Waals surface area (Å²) in [6, 6.07) is 7.93. The maximum Gasteiger partial charge on any atom is 0.394 e. The highest BCUT2D eigenvalue weighted by Gasteiger charge is 1.88. The third kappa shape index (κ3) is 10.8. The lowest BCUT2D eigenvalue weighted by molar-refractivity contribution is -0.104. The molecule has 7 heteroatoms. The fraction of sp³-hybridized carbons (Fsp3) is 0.182. The van der Waals surface area contributed by atoms with Crippen molar-refractivity contribution in [1.82, 2.24) is 0 Å². The molecule has 100 valence electrons. The topological polar surface area (TPSA) is 104 Å². The lowest BCUT2D eigenvalue weighted by Crippen LogP contribution is -1.95. The Morgan fingerprint density at radius 3 is 2.11 bits per heavy atom. The average molecular weight is 273 g/mol. The van der Waals surface area contributed by atoms with Gasteiger partial charge in [-0.05, 0) is 30.7 Å². The molecule has 0 bridgehead atoms. The zero-order valence-electron chi connectivity index (χ0n) is 9.78. The molecule has 0 heterocycles. The van der Waals surface area contributed by atoms with Gasteiger partial charge in [0.2, 0.25) is 0 Å². The molecule has 0 fully saturated rings. The summed E-state index contributed by atoms with van der Waals surface area (Å²) in [4.78, 5) is 10.0. The van der Waals surface area contributed by atoms with Crippen LogP contribution in [-0.4, -0.2) is 30.4 Å². The van der Waals surface area contributed by atoms with Gasteiger partial charge in [0.1, 0.15) is 6.29 Å². The van der Waals surface area contributed by atoms with Gasteiger partial charge in [0.25, 0.3) is 0 Å². The van der Waals surface area contributed by atoms with E-state index in [4.69, 9.17) is 17.5 Å². The second kappa shape index (κ2) is 8.40. The Morgan fingerprint density at radius 2 is 1.72 bits per heavy atom. The molecule has 6 nitrogen and oxygen atoms in total. The Labute approximate surface area is 106 Å². The molecule has 0 saturated heterocycles. The van der Waals surface area contributed by atoms with Gasteiger partial charge < -0.3 is 5.32 Å². The molecular weight excluding hydrogens is 258 g/mol. The monoisotopic (exact) mass is 273 g/mol. The molecule has 0 aliphatic heterocycles. The van der Waals surface area contributed by atoms with Crippen molar-refractivity contribution in [2.45, 2.75) is 6.92 Å². The Balaban J connectivity index is 0.000000494. The van der Waals surface area contributed by atoms with Gasteiger partial charge in [0.05, 0.1) is 0 Å². The van der Waals surface area contributed by atoms with Crippen LogP contribution in [0.5, 0.6) is 0 Å². The van der Waals surface area contributed by atoms with Gasteiger partial charge in [-0.2, -0.15) is 8.42 Å². The highest BCUT2D eigenvalue weighted by atomic mass is 32.3. The number of nitrogens with one attached hydrogen (secondary N) is 1. The van der Waals surface area contributed by atoms with Gasteiger partial charge in [0.15, 0.2) is 0 Å². The highest BCUT2D eigenvalue weighted by Crippen LogP contribution is 2.09. The summed E-state index contributed by atoms with van der Waals surface area (Å²) in [6.07, 6.45) is 4.04. The first-order valence-corrected chi connectivity index (χ1v) is 6.42. The van der Waals surface area contributed by atoms with Gasteiger partial charge in [-0.3, -0.25) is 13.9 Å². The Morgan fingerprint density at radius 1 is 1.22 bits per heavy atom. The fourth-order valence-electron chi connectivity index (χ4n) is 1.07. The molecule has 0 aliphatic carbocycles. The van der Waals surface area contributed by atoms with E-state index in [0.717, 1.165) is 24.1 Å². The summed E-state index contributed by atoms with van der Waals surface area (Å²) in [7, 11) is -4.67. The number of benzene rings is 1. The van der Waals surface area contributed by atoms with Crippen LogP contribution in [0.2, 0.25) is 0 Å². The third-order valence-corrected chi connectivity index (χ3v) is 1.66. The van der Waals surface area contributed by atoms with Crippen molar-refractivity contribution in [2.24, 2.45) is 0 Å². The molecule has 0 spiro atoms. The molecule has 0 aromatic heterocycles.